The van der Waals surface area contributed by atoms with E-state index in [1.165, 1.54) is 55.8 Å². The van der Waals surface area contributed by atoms with Crippen molar-refractivity contribution in [1.29, 1.82) is 0 Å². The molecule has 172 valence electrons. The molecule has 0 radical (unpaired) electrons. The highest BCUT2D eigenvalue weighted by molar-refractivity contribution is 8.13. The minimum absolute atomic E-state index is 0.776. The second kappa shape index (κ2) is 13.2. The van der Waals surface area contributed by atoms with Crippen LogP contribution in [-0.4, -0.2) is 45.1 Å². The molecule has 0 spiro atoms. The van der Waals surface area contributed by atoms with Crippen LogP contribution in [-0.2, 0) is 30.9 Å². The molecule has 0 amide bonds. The maximum atomic E-state index is 11.4. The molecule has 0 saturated heterocycles. The topological polar surface area (TPSA) is 82.4 Å². The molecule has 0 atom stereocenters. The smallest absolute Gasteiger partial charge is 0.421 e. The first-order valence-corrected chi connectivity index (χ1v) is 13.2. The third kappa shape index (κ3) is 12.4. The highest BCUT2D eigenvalue weighted by Gasteiger charge is 2.46. The van der Waals surface area contributed by atoms with E-state index in [9.17, 15) is 43.2 Å². The monoisotopic (exact) mass is 483 g/mol. The summed E-state index contributed by atoms with van der Waals surface area (Å²) in [5.74, 6) is 4.53. The number of alkyl halides is 6. The van der Waals surface area contributed by atoms with Crippen molar-refractivity contribution in [3.05, 3.63) is 4.13 Å². The molecule has 14 heteroatoms. The number of hydrogen-bond acceptors (Lipinski definition) is 4. The van der Waals surface area contributed by atoms with Gasteiger partial charge in [0.1, 0.15) is 17.3 Å². The van der Waals surface area contributed by atoms with Crippen LogP contribution in [0.1, 0.15) is 59.3 Å². The van der Waals surface area contributed by atoms with Crippen LogP contribution < -0.4 is 0 Å². The van der Waals surface area contributed by atoms with Gasteiger partial charge in [0.25, 0.3) is 0 Å². The number of unbranched alkanes of at least 4 members (excludes halogenated alkanes) is 3. The van der Waals surface area contributed by atoms with E-state index < -0.39 is 31.1 Å². The van der Waals surface area contributed by atoms with Gasteiger partial charge >= 0.3 is 11.0 Å². The van der Waals surface area contributed by atoms with E-state index in [0.717, 1.165) is 15.0 Å². The molecule has 0 aromatic heterocycles. The summed E-state index contributed by atoms with van der Waals surface area (Å²) in [5, 5.41) is 0. The lowest BCUT2D eigenvalue weighted by molar-refractivity contribution is -0.0444. The molecule has 0 aliphatic rings. The molecule has 0 aromatic rings. The predicted octanol–water partition coefficient (Wildman–Crippen LogP) is 5.06. The third-order valence-electron chi connectivity index (χ3n) is 3.14. The van der Waals surface area contributed by atoms with E-state index in [2.05, 4.69) is 20.8 Å². The van der Waals surface area contributed by atoms with E-state index in [1.807, 2.05) is 0 Å². The lowest BCUT2D eigenvalue weighted by atomic mass is 10.4. The molecular formula is C14H27F6NO4S3. The van der Waals surface area contributed by atoms with Gasteiger partial charge in [-0.1, -0.05) is 40.0 Å². The summed E-state index contributed by atoms with van der Waals surface area (Å²) in [6.07, 6.45) is 8.49. The standard InChI is InChI=1S/C12H27S.C2F6NO4S2/c1-4-7-10-13(11-8-5-2)12-9-6-3;3-1(4,5)14(10,11)9-15(12,13)2(6,7)8/h4-12H2,1-3H3;/q+1;-1. The Kier molecular flexibility index (Phi) is 14.1. The first-order chi connectivity index (χ1) is 12.6. The second-order valence-corrected chi connectivity index (χ2v) is 11.6. The van der Waals surface area contributed by atoms with E-state index in [4.69, 9.17) is 0 Å². The number of rotatable bonds is 11. The van der Waals surface area contributed by atoms with Crippen molar-refractivity contribution in [3.8, 4) is 0 Å². The van der Waals surface area contributed by atoms with Gasteiger partial charge < -0.3 is 4.13 Å². The zero-order valence-corrected chi connectivity index (χ0v) is 18.4. The molecule has 28 heavy (non-hydrogen) atoms. The van der Waals surface area contributed by atoms with Gasteiger partial charge in [0.05, 0.1) is 0 Å². The lowest BCUT2D eigenvalue weighted by Gasteiger charge is -2.22. The lowest BCUT2D eigenvalue weighted by Crippen LogP contribution is -2.30. The summed E-state index contributed by atoms with van der Waals surface area (Å²) >= 11 is 0. The summed E-state index contributed by atoms with van der Waals surface area (Å²) in [6, 6.07) is 0. The summed E-state index contributed by atoms with van der Waals surface area (Å²) in [7, 11) is -12.7. The van der Waals surface area contributed by atoms with Crippen LogP contribution in [0, 0.1) is 0 Å². The Labute approximate surface area is 166 Å². The Morgan fingerprint density at radius 3 is 1.07 bits per heavy atom. The molecule has 0 aliphatic carbocycles. The van der Waals surface area contributed by atoms with Crippen LogP contribution in [0.2, 0.25) is 0 Å². The Hall–Kier alpha value is -0.210. The van der Waals surface area contributed by atoms with Gasteiger partial charge in [0.15, 0.2) is 20.0 Å². The van der Waals surface area contributed by atoms with Gasteiger partial charge in [0.2, 0.25) is 0 Å². The second-order valence-electron chi connectivity index (χ2n) is 5.70. The van der Waals surface area contributed by atoms with Crippen LogP contribution in [0.4, 0.5) is 26.3 Å². The van der Waals surface area contributed by atoms with E-state index in [1.54, 1.807) is 0 Å². The fourth-order valence-corrected chi connectivity index (χ4v) is 5.98. The SMILES string of the molecule is CCCC[S+](CCCC)CCCC.O=S(=O)([N-]S(=O)(=O)C(F)(F)F)C(F)(F)F. The Bertz CT molecular complexity index is 557. The average Bonchev–Trinajstić information content (AvgIpc) is 2.51. The van der Waals surface area contributed by atoms with Gasteiger partial charge in [-0.2, -0.15) is 26.3 Å². The summed E-state index contributed by atoms with van der Waals surface area (Å²) in [6.45, 7) is 6.92. The van der Waals surface area contributed by atoms with Crippen molar-refractivity contribution in [1.82, 2.24) is 0 Å². The number of nitrogens with zero attached hydrogens (tertiary/aromatic N) is 1. The molecule has 0 N–H and O–H groups in total. The first-order valence-electron chi connectivity index (χ1n) is 8.56. The fourth-order valence-electron chi connectivity index (χ4n) is 1.57. The normalized spacial score (nSPS) is 13.4. The third-order valence-corrected chi connectivity index (χ3v) is 8.48. The zero-order valence-electron chi connectivity index (χ0n) is 15.9. The molecule has 0 heterocycles. The maximum Gasteiger partial charge on any atom is 0.480 e. The molecule has 0 rings (SSSR count). The minimum atomic E-state index is -6.72. The Balaban J connectivity index is 0. The maximum absolute atomic E-state index is 11.4. The molecule has 5 nitrogen and oxygen atoms in total. The molecule has 0 bridgehead atoms. The van der Waals surface area contributed by atoms with Crippen molar-refractivity contribution >= 4 is 30.9 Å². The molecule has 0 unspecified atom stereocenters. The summed E-state index contributed by atoms with van der Waals surface area (Å²) in [4.78, 5) is 0. The van der Waals surface area contributed by atoms with Crippen LogP contribution in [0.15, 0.2) is 0 Å². The Morgan fingerprint density at radius 1 is 0.643 bits per heavy atom. The quantitative estimate of drug-likeness (QED) is 0.304. The summed E-state index contributed by atoms with van der Waals surface area (Å²) < 4.78 is 109. The van der Waals surface area contributed by atoms with E-state index >= 15 is 0 Å². The van der Waals surface area contributed by atoms with Crippen LogP contribution in [0.5, 0.6) is 0 Å². The van der Waals surface area contributed by atoms with Crippen molar-refractivity contribution in [2.24, 2.45) is 0 Å². The van der Waals surface area contributed by atoms with Crippen LogP contribution in [0.3, 0.4) is 0 Å². The minimum Gasteiger partial charge on any atom is -0.421 e. The number of sulfonamides is 2. The van der Waals surface area contributed by atoms with Crippen molar-refractivity contribution in [2.75, 3.05) is 17.3 Å². The van der Waals surface area contributed by atoms with Gasteiger partial charge in [-0.05, 0) is 30.2 Å². The molecule has 0 saturated carbocycles. The molecule has 0 aromatic carbocycles. The predicted molar refractivity (Wildman–Crippen MR) is 100.0 cm³/mol. The number of hydrogen-bond donors (Lipinski definition) is 0. The molecular weight excluding hydrogens is 456 g/mol. The fraction of sp³-hybridized carbons (Fsp3) is 1.00. The number of halogens is 6. The van der Waals surface area contributed by atoms with Crippen molar-refractivity contribution in [2.45, 2.75) is 70.3 Å². The average molecular weight is 484 g/mol. The zero-order chi connectivity index (χ0) is 22.6. The molecule has 0 aliphatic heterocycles. The van der Waals surface area contributed by atoms with Crippen LogP contribution >= 0.6 is 0 Å². The van der Waals surface area contributed by atoms with Gasteiger partial charge in [-0.3, -0.25) is 0 Å². The van der Waals surface area contributed by atoms with Gasteiger partial charge in [-0.15, -0.1) is 0 Å². The molecule has 0 fully saturated rings. The highest BCUT2D eigenvalue weighted by Crippen LogP contribution is 2.36. The van der Waals surface area contributed by atoms with E-state index in [-0.39, 0.29) is 0 Å². The summed E-state index contributed by atoms with van der Waals surface area (Å²) in [5.41, 5.74) is -12.4. The Morgan fingerprint density at radius 2 is 0.893 bits per heavy atom. The van der Waals surface area contributed by atoms with Crippen molar-refractivity contribution in [3.63, 3.8) is 0 Å². The first kappa shape index (κ1) is 30.0. The van der Waals surface area contributed by atoms with Crippen LogP contribution in [0.25, 0.3) is 4.13 Å². The van der Waals surface area contributed by atoms with Gasteiger partial charge in [0, 0.05) is 0 Å². The largest absolute Gasteiger partial charge is 0.480 e. The van der Waals surface area contributed by atoms with Gasteiger partial charge in [-0.25, -0.2) is 16.8 Å². The van der Waals surface area contributed by atoms with E-state index in [0.29, 0.717) is 0 Å². The highest BCUT2D eigenvalue weighted by atomic mass is 32.3. The van der Waals surface area contributed by atoms with Crippen molar-refractivity contribution < 1.29 is 43.2 Å².